The molecule has 0 saturated carbocycles. The van der Waals surface area contributed by atoms with E-state index < -0.39 is 0 Å². The van der Waals surface area contributed by atoms with E-state index in [-0.39, 0.29) is 0 Å². The highest BCUT2D eigenvalue weighted by atomic mass is 32.2. The lowest BCUT2D eigenvalue weighted by atomic mass is 10.2. The van der Waals surface area contributed by atoms with Crippen LogP contribution >= 0.6 is 23.5 Å². The van der Waals surface area contributed by atoms with Crippen LogP contribution in [0.5, 0.6) is 0 Å². The molecule has 1 aliphatic heterocycles. The molecule has 0 radical (unpaired) electrons. The van der Waals surface area contributed by atoms with Crippen molar-refractivity contribution in [3.8, 4) is 0 Å². The number of hydrogen-bond acceptors (Lipinski definition) is 3. The van der Waals surface area contributed by atoms with Crippen molar-refractivity contribution in [2.75, 3.05) is 31.6 Å². The summed E-state index contributed by atoms with van der Waals surface area (Å²) in [5.41, 5.74) is 0. The Morgan fingerprint density at radius 2 is 2.19 bits per heavy atom. The molecule has 2 rings (SSSR count). The summed E-state index contributed by atoms with van der Waals surface area (Å²) in [5, 5.41) is 7.59. The molecule has 1 atom stereocenters. The number of hydrogen-bond donors (Lipinski definition) is 2. The highest BCUT2D eigenvalue weighted by Crippen LogP contribution is 2.25. The Morgan fingerprint density at radius 1 is 1.33 bits per heavy atom. The van der Waals surface area contributed by atoms with Crippen LogP contribution in [-0.4, -0.2) is 42.9 Å². The highest BCUT2D eigenvalue weighted by Gasteiger charge is 2.15. The quantitative estimate of drug-likeness (QED) is 0.350. The molecule has 1 aromatic carbocycles. The molecule has 0 aliphatic carbocycles. The molecule has 21 heavy (non-hydrogen) atoms. The Hall–Kier alpha value is -0.810. The van der Waals surface area contributed by atoms with Gasteiger partial charge in [-0.05, 0) is 42.9 Å². The summed E-state index contributed by atoms with van der Waals surface area (Å²) < 4.78 is 0. The van der Waals surface area contributed by atoms with E-state index >= 15 is 0 Å². The topological polar surface area (TPSA) is 36.4 Å². The first kappa shape index (κ1) is 16.6. The molecule has 1 saturated heterocycles. The van der Waals surface area contributed by atoms with E-state index in [1.807, 2.05) is 18.8 Å². The molecule has 0 aromatic heterocycles. The zero-order chi connectivity index (χ0) is 14.8. The van der Waals surface area contributed by atoms with Gasteiger partial charge in [0, 0.05) is 30.3 Å². The van der Waals surface area contributed by atoms with E-state index in [0.29, 0.717) is 0 Å². The van der Waals surface area contributed by atoms with E-state index in [2.05, 4.69) is 57.7 Å². The average molecular weight is 324 g/mol. The highest BCUT2D eigenvalue weighted by molar-refractivity contribution is 8.00. The first-order chi connectivity index (χ1) is 10.4. The predicted molar refractivity (Wildman–Crippen MR) is 96.6 cm³/mol. The number of nitrogens with one attached hydrogen (secondary N) is 2. The first-order valence-electron chi connectivity index (χ1n) is 7.62. The zero-order valence-electron chi connectivity index (χ0n) is 12.7. The minimum Gasteiger partial charge on any atom is -0.356 e. The fourth-order valence-electron chi connectivity index (χ4n) is 2.22. The predicted octanol–water partition coefficient (Wildman–Crippen LogP) is 3.23. The third kappa shape index (κ3) is 6.66. The van der Waals surface area contributed by atoms with E-state index in [4.69, 9.17) is 0 Å². The minimum absolute atomic E-state index is 0.761. The van der Waals surface area contributed by atoms with Crippen LogP contribution in [0.1, 0.15) is 19.3 Å². The summed E-state index contributed by atoms with van der Waals surface area (Å²) in [6.07, 6.45) is 3.83. The van der Waals surface area contributed by atoms with Crippen molar-refractivity contribution >= 4 is 29.5 Å². The fraction of sp³-hybridized carbons (Fsp3) is 0.562. The van der Waals surface area contributed by atoms with Gasteiger partial charge in [0.2, 0.25) is 0 Å². The second-order valence-corrected chi connectivity index (χ2v) is 7.61. The minimum atomic E-state index is 0.761. The summed E-state index contributed by atoms with van der Waals surface area (Å²) >= 11 is 3.99. The van der Waals surface area contributed by atoms with Crippen LogP contribution in [0.15, 0.2) is 40.2 Å². The van der Waals surface area contributed by atoms with E-state index in [0.717, 1.165) is 36.5 Å². The van der Waals surface area contributed by atoms with Crippen LogP contribution in [-0.2, 0) is 0 Å². The molecule has 1 aromatic rings. The molecule has 2 N–H and O–H groups in total. The summed E-state index contributed by atoms with van der Waals surface area (Å²) in [4.78, 5) is 5.63. The molecule has 3 nitrogen and oxygen atoms in total. The largest absolute Gasteiger partial charge is 0.356 e. The van der Waals surface area contributed by atoms with Gasteiger partial charge in [0.1, 0.15) is 0 Å². The first-order valence-corrected chi connectivity index (χ1v) is 9.66. The molecular formula is C16H25N3S2. The van der Waals surface area contributed by atoms with Crippen LogP contribution in [0.4, 0.5) is 0 Å². The number of benzene rings is 1. The van der Waals surface area contributed by atoms with Crippen molar-refractivity contribution in [1.29, 1.82) is 0 Å². The lowest BCUT2D eigenvalue weighted by molar-refractivity contribution is 0.722. The molecule has 5 heteroatoms. The Labute approximate surface area is 136 Å². The van der Waals surface area contributed by atoms with Gasteiger partial charge in [0.05, 0.1) is 0 Å². The maximum Gasteiger partial charge on any atom is 0.191 e. The number of guanidine groups is 1. The van der Waals surface area contributed by atoms with E-state index in [9.17, 15) is 0 Å². The van der Waals surface area contributed by atoms with Crippen LogP contribution in [0.2, 0.25) is 0 Å². The van der Waals surface area contributed by atoms with Gasteiger partial charge in [-0.2, -0.15) is 11.8 Å². The normalized spacial score (nSPS) is 18.7. The third-order valence-corrected chi connectivity index (χ3v) is 5.87. The molecule has 1 unspecified atom stereocenters. The SMILES string of the molecule is CN=C(NCCCSc1ccccc1)NCC1CCCS1. The van der Waals surface area contributed by atoms with Gasteiger partial charge < -0.3 is 10.6 Å². The van der Waals surface area contributed by atoms with Gasteiger partial charge in [-0.1, -0.05) is 18.2 Å². The van der Waals surface area contributed by atoms with Crippen LogP contribution < -0.4 is 10.6 Å². The van der Waals surface area contributed by atoms with Crippen molar-refractivity contribution in [1.82, 2.24) is 10.6 Å². The number of aliphatic imine (C=N–C) groups is 1. The summed E-state index contributed by atoms with van der Waals surface area (Å²) in [5.74, 6) is 3.38. The summed E-state index contributed by atoms with van der Waals surface area (Å²) in [7, 11) is 1.84. The van der Waals surface area contributed by atoms with Gasteiger partial charge in [-0.3, -0.25) is 4.99 Å². The van der Waals surface area contributed by atoms with E-state index in [1.54, 1.807) is 0 Å². The van der Waals surface area contributed by atoms with Crippen LogP contribution in [0.3, 0.4) is 0 Å². The molecule has 1 heterocycles. The molecule has 116 valence electrons. The Kier molecular flexibility index (Phi) is 7.89. The van der Waals surface area contributed by atoms with Crippen molar-refractivity contribution < 1.29 is 0 Å². The van der Waals surface area contributed by atoms with Gasteiger partial charge in [-0.25, -0.2) is 0 Å². The monoisotopic (exact) mass is 323 g/mol. The van der Waals surface area contributed by atoms with Crippen molar-refractivity contribution in [2.24, 2.45) is 4.99 Å². The van der Waals surface area contributed by atoms with Crippen LogP contribution in [0, 0.1) is 0 Å². The lowest BCUT2D eigenvalue weighted by Gasteiger charge is -2.14. The summed E-state index contributed by atoms with van der Waals surface area (Å²) in [6, 6.07) is 10.6. The maximum atomic E-state index is 4.28. The smallest absolute Gasteiger partial charge is 0.191 e. The molecule has 0 amide bonds. The third-order valence-electron chi connectivity index (χ3n) is 3.37. The lowest BCUT2D eigenvalue weighted by Crippen LogP contribution is -2.40. The maximum absolute atomic E-state index is 4.28. The van der Waals surface area contributed by atoms with Crippen molar-refractivity contribution in [2.45, 2.75) is 29.4 Å². The molecule has 0 spiro atoms. The number of nitrogens with zero attached hydrogens (tertiary/aromatic N) is 1. The van der Waals surface area contributed by atoms with Crippen LogP contribution in [0.25, 0.3) is 0 Å². The average Bonchev–Trinajstić information content (AvgIpc) is 3.04. The standard InChI is InChI=1S/C16H25N3S2/c1-17-16(19-13-15-9-5-11-21-15)18-10-6-12-20-14-7-3-2-4-8-14/h2-4,7-8,15H,5-6,9-13H2,1H3,(H2,17,18,19). The van der Waals surface area contributed by atoms with Gasteiger partial charge in [0.15, 0.2) is 5.96 Å². The Bertz CT molecular complexity index is 417. The fourth-order valence-corrected chi connectivity index (χ4v) is 4.30. The second-order valence-electron chi connectivity index (χ2n) is 5.03. The number of thioether (sulfide) groups is 2. The van der Waals surface area contributed by atoms with Crippen molar-refractivity contribution in [3.05, 3.63) is 30.3 Å². The molecule has 1 aliphatic rings. The second kappa shape index (κ2) is 10.0. The zero-order valence-corrected chi connectivity index (χ0v) is 14.3. The molecule has 0 bridgehead atoms. The molecular weight excluding hydrogens is 298 g/mol. The van der Waals surface area contributed by atoms with Gasteiger partial charge >= 0.3 is 0 Å². The Morgan fingerprint density at radius 3 is 2.90 bits per heavy atom. The molecule has 1 fully saturated rings. The van der Waals surface area contributed by atoms with Gasteiger partial charge in [-0.15, -0.1) is 11.8 Å². The van der Waals surface area contributed by atoms with Crippen molar-refractivity contribution in [3.63, 3.8) is 0 Å². The summed E-state index contributed by atoms with van der Waals surface area (Å²) in [6.45, 7) is 2.00. The Balaban J connectivity index is 1.54. The van der Waals surface area contributed by atoms with E-state index in [1.165, 1.54) is 23.5 Å². The van der Waals surface area contributed by atoms with Gasteiger partial charge in [0.25, 0.3) is 0 Å². The number of rotatable bonds is 7.